The van der Waals surface area contributed by atoms with E-state index in [0.717, 1.165) is 6.42 Å². The van der Waals surface area contributed by atoms with Gasteiger partial charge in [-0.05, 0) is 13.5 Å². The Morgan fingerprint density at radius 2 is 2.33 bits per heavy atom. The number of rotatable bonds is 5. The third kappa shape index (κ3) is 4.69. The number of amides is 1. The van der Waals surface area contributed by atoms with Crippen molar-refractivity contribution < 1.29 is 4.79 Å². The zero-order chi connectivity index (χ0) is 9.40. The van der Waals surface area contributed by atoms with Crippen molar-refractivity contribution in [1.82, 2.24) is 10.6 Å². The number of hydrogen-bond donors (Lipinski definition) is 2. The second-order valence-corrected chi connectivity index (χ2v) is 2.57. The molecule has 0 bridgehead atoms. The first kappa shape index (κ1) is 10.9. The number of carbonyl (C=O) groups excluding carboxylic acids is 1. The first-order valence-corrected chi connectivity index (χ1v) is 4.05. The predicted molar refractivity (Wildman–Crippen MR) is 46.4 cm³/mol. The van der Waals surface area contributed by atoms with Crippen molar-refractivity contribution in [3.8, 4) is 6.07 Å². The van der Waals surface area contributed by atoms with Gasteiger partial charge < -0.3 is 10.6 Å². The van der Waals surface area contributed by atoms with E-state index in [1.165, 1.54) is 0 Å². The molecule has 0 fully saturated rings. The zero-order valence-corrected chi connectivity index (χ0v) is 7.55. The highest BCUT2D eigenvalue weighted by molar-refractivity contribution is 5.78. The normalized spacial score (nSPS) is 11.8. The van der Waals surface area contributed by atoms with Crippen LogP contribution in [0.15, 0.2) is 0 Å². The van der Waals surface area contributed by atoms with Gasteiger partial charge in [0, 0.05) is 6.04 Å². The second kappa shape index (κ2) is 6.62. The standard InChI is InChI=1S/C8H15N3O/c1-3-7(4-5-9)11-8(12)6-10-2/h7,10H,3-4,6H2,1-2H3,(H,11,12). The van der Waals surface area contributed by atoms with Crippen LogP contribution in [0.2, 0.25) is 0 Å². The van der Waals surface area contributed by atoms with Crippen molar-refractivity contribution in [2.75, 3.05) is 13.6 Å². The SMILES string of the molecule is CCC(CC#N)NC(=O)CNC. The quantitative estimate of drug-likeness (QED) is 0.609. The van der Waals surface area contributed by atoms with Crippen molar-refractivity contribution in [1.29, 1.82) is 5.26 Å². The van der Waals surface area contributed by atoms with Gasteiger partial charge in [-0.3, -0.25) is 4.79 Å². The highest BCUT2D eigenvalue weighted by atomic mass is 16.1. The van der Waals surface area contributed by atoms with Crippen LogP contribution < -0.4 is 10.6 Å². The zero-order valence-electron chi connectivity index (χ0n) is 7.55. The molecular weight excluding hydrogens is 154 g/mol. The van der Waals surface area contributed by atoms with Crippen LogP contribution in [0.25, 0.3) is 0 Å². The Kier molecular flexibility index (Phi) is 6.02. The molecule has 0 aliphatic rings. The Labute approximate surface area is 72.9 Å². The molecule has 0 saturated heterocycles. The molecule has 4 heteroatoms. The van der Waals surface area contributed by atoms with Gasteiger partial charge in [-0.15, -0.1) is 0 Å². The van der Waals surface area contributed by atoms with E-state index >= 15 is 0 Å². The van der Waals surface area contributed by atoms with E-state index in [9.17, 15) is 4.79 Å². The van der Waals surface area contributed by atoms with Crippen LogP contribution in [0.4, 0.5) is 0 Å². The highest BCUT2D eigenvalue weighted by Crippen LogP contribution is 1.94. The summed E-state index contributed by atoms with van der Waals surface area (Å²) in [5.41, 5.74) is 0. The highest BCUT2D eigenvalue weighted by Gasteiger charge is 2.07. The van der Waals surface area contributed by atoms with Gasteiger partial charge in [0.1, 0.15) is 0 Å². The number of hydrogen-bond acceptors (Lipinski definition) is 3. The molecule has 0 heterocycles. The van der Waals surface area contributed by atoms with Crippen LogP contribution in [0, 0.1) is 11.3 Å². The number of nitrogens with zero attached hydrogens (tertiary/aromatic N) is 1. The van der Waals surface area contributed by atoms with Crippen molar-refractivity contribution in [2.45, 2.75) is 25.8 Å². The smallest absolute Gasteiger partial charge is 0.234 e. The lowest BCUT2D eigenvalue weighted by molar-refractivity contribution is -0.120. The van der Waals surface area contributed by atoms with Crippen LogP contribution in [0.3, 0.4) is 0 Å². The lowest BCUT2D eigenvalue weighted by atomic mass is 10.2. The summed E-state index contributed by atoms with van der Waals surface area (Å²) in [5.74, 6) is -0.0559. The predicted octanol–water partition coefficient (Wildman–Crippen LogP) is 0.0143. The average molecular weight is 169 g/mol. The summed E-state index contributed by atoms with van der Waals surface area (Å²) < 4.78 is 0. The number of likely N-dealkylation sites (N-methyl/N-ethyl adjacent to an activating group) is 1. The lowest BCUT2D eigenvalue weighted by Crippen LogP contribution is -2.39. The maximum atomic E-state index is 11.0. The fraction of sp³-hybridized carbons (Fsp3) is 0.750. The third-order valence-electron chi connectivity index (χ3n) is 1.53. The number of nitriles is 1. The van der Waals surface area contributed by atoms with Gasteiger partial charge in [0.05, 0.1) is 19.0 Å². The van der Waals surface area contributed by atoms with Gasteiger partial charge >= 0.3 is 0 Å². The topological polar surface area (TPSA) is 64.9 Å². The van der Waals surface area contributed by atoms with Crippen LogP contribution in [0.1, 0.15) is 19.8 Å². The molecule has 0 radical (unpaired) electrons. The molecule has 0 aromatic heterocycles. The summed E-state index contributed by atoms with van der Waals surface area (Å²) in [6, 6.07) is 2.03. The number of nitrogens with one attached hydrogen (secondary N) is 2. The van der Waals surface area contributed by atoms with Crippen LogP contribution in [0.5, 0.6) is 0 Å². The van der Waals surface area contributed by atoms with Gasteiger partial charge in [-0.2, -0.15) is 5.26 Å². The number of carbonyl (C=O) groups is 1. The largest absolute Gasteiger partial charge is 0.351 e. The Balaban J connectivity index is 3.70. The Hall–Kier alpha value is -1.08. The van der Waals surface area contributed by atoms with Crippen molar-refractivity contribution in [3.63, 3.8) is 0 Å². The summed E-state index contributed by atoms with van der Waals surface area (Å²) >= 11 is 0. The first-order chi connectivity index (χ1) is 5.74. The molecule has 0 aliphatic carbocycles. The Bertz CT molecular complexity index is 174. The van der Waals surface area contributed by atoms with Gasteiger partial charge in [0.2, 0.25) is 5.91 Å². The Morgan fingerprint density at radius 1 is 1.67 bits per heavy atom. The molecule has 0 rings (SSSR count). The average Bonchev–Trinajstić information content (AvgIpc) is 2.04. The Morgan fingerprint density at radius 3 is 2.75 bits per heavy atom. The molecule has 0 spiro atoms. The van der Waals surface area contributed by atoms with Crippen molar-refractivity contribution in [3.05, 3.63) is 0 Å². The molecule has 4 nitrogen and oxygen atoms in total. The van der Waals surface area contributed by atoms with Crippen molar-refractivity contribution >= 4 is 5.91 Å². The minimum absolute atomic E-state index is 0.00384. The van der Waals surface area contributed by atoms with E-state index in [4.69, 9.17) is 5.26 Å². The van der Waals surface area contributed by atoms with E-state index in [1.54, 1.807) is 7.05 Å². The molecule has 2 N–H and O–H groups in total. The van der Waals surface area contributed by atoms with E-state index in [-0.39, 0.29) is 11.9 Å². The second-order valence-electron chi connectivity index (χ2n) is 2.57. The maximum absolute atomic E-state index is 11.0. The summed E-state index contributed by atoms with van der Waals surface area (Å²) in [7, 11) is 1.71. The summed E-state index contributed by atoms with van der Waals surface area (Å²) in [5, 5.41) is 13.9. The first-order valence-electron chi connectivity index (χ1n) is 4.05. The third-order valence-corrected chi connectivity index (χ3v) is 1.53. The molecule has 0 saturated carbocycles. The van der Waals surface area contributed by atoms with Crippen molar-refractivity contribution in [2.24, 2.45) is 0 Å². The molecule has 12 heavy (non-hydrogen) atoms. The van der Waals surface area contributed by atoms with Crippen LogP contribution in [-0.4, -0.2) is 25.5 Å². The minimum atomic E-state index is -0.0559. The summed E-state index contributed by atoms with van der Waals surface area (Å²) in [6.07, 6.45) is 1.18. The summed E-state index contributed by atoms with van der Waals surface area (Å²) in [4.78, 5) is 11.0. The van der Waals surface area contributed by atoms with E-state index < -0.39 is 0 Å². The fourth-order valence-electron chi connectivity index (χ4n) is 0.847. The van der Waals surface area contributed by atoms with Gasteiger partial charge in [0.25, 0.3) is 0 Å². The maximum Gasteiger partial charge on any atom is 0.234 e. The van der Waals surface area contributed by atoms with E-state index in [1.807, 2.05) is 13.0 Å². The van der Waals surface area contributed by atoms with Gasteiger partial charge in [0.15, 0.2) is 0 Å². The van der Waals surface area contributed by atoms with Gasteiger partial charge in [-0.1, -0.05) is 6.92 Å². The monoisotopic (exact) mass is 169 g/mol. The molecule has 1 atom stereocenters. The van der Waals surface area contributed by atoms with Gasteiger partial charge in [-0.25, -0.2) is 0 Å². The molecule has 68 valence electrons. The van der Waals surface area contributed by atoms with Crippen LogP contribution >= 0.6 is 0 Å². The molecule has 0 aromatic carbocycles. The molecule has 0 aliphatic heterocycles. The molecule has 1 amide bonds. The van der Waals surface area contributed by atoms with Crippen LogP contribution in [-0.2, 0) is 4.79 Å². The molecule has 1 unspecified atom stereocenters. The molecule has 0 aromatic rings. The lowest BCUT2D eigenvalue weighted by Gasteiger charge is -2.12. The molecular formula is C8H15N3O. The fourth-order valence-corrected chi connectivity index (χ4v) is 0.847. The van der Waals surface area contributed by atoms with E-state index in [2.05, 4.69) is 10.6 Å². The van der Waals surface area contributed by atoms with E-state index in [0.29, 0.717) is 13.0 Å². The summed E-state index contributed by atoms with van der Waals surface area (Å²) in [6.45, 7) is 2.25. The minimum Gasteiger partial charge on any atom is -0.351 e.